The van der Waals surface area contributed by atoms with E-state index in [1.807, 2.05) is 72.5 Å². The molecule has 0 fully saturated rings. The zero-order chi connectivity index (χ0) is 21.8. The summed E-state index contributed by atoms with van der Waals surface area (Å²) < 4.78 is 5.14. The summed E-state index contributed by atoms with van der Waals surface area (Å²) in [6, 6.07) is 21.2. The molecule has 4 rings (SSSR count). The highest BCUT2D eigenvalue weighted by Gasteiger charge is 2.25. The van der Waals surface area contributed by atoms with Crippen LogP contribution < -0.4 is 15.0 Å². The monoisotopic (exact) mass is 414 g/mol. The third-order valence-electron chi connectivity index (χ3n) is 5.56. The first-order chi connectivity index (χ1) is 15.0. The Morgan fingerprint density at radius 2 is 1.77 bits per heavy atom. The molecule has 5 nitrogen and oxygen atoms in total. The van der Waals surface area contributed by atoms with Crippen molar-refractivity contribution in [3.05, 3.63) is 94.5 Å². The largest absolute Gasteiger partial charge is 0.497 e. The number of methoxy groups -OCH3 is 1. The molecule has 0 spiro atoms. The number of rotatable bonds is 6. The second-order valence-corrected chi connectivity index (χ2v) is 7.84. The molecule has 0 radical (unpaired) electrons. The molecule has 0 unspecified atom stereocenters. The van der Waals surface area contributed by atoms with E-state index in [9.17, 15) is 9.59 Å². The summed E-state index contributed by atoms with van der Waals surface area (Å²) in [5.41, 5.74) is 5.86. The van der Waals surface area contributed by atoms with Crippen molar-refractivity contribution in [2.24, 2.45) is 0 Å². The maximum absolute atomic E-state index is 12.9. The third-order valence-corrected chi connectivity index (χ3v) is 5.56. The topological polar surface area (TPSA) is 58.6 Å². The first kappa shape index (κ1) is 20.7. The van der Waals surface area contributed by atoms with Crippen LogP contribution in [-0.4, -0.2) is 25.5 Å². The first-order valence-corrected chi connectivity index (χ1v) is 10.4. The molecular formula is C26H26N2O3. The van der Waals surface area contributed by atoms with E-state index in [0.717, 1.165) is 40.1 Å². The number of anilines is 1. The van der Waals surface area contributed by atoms with E-state index < -0.39 is 0 Å². The van der Waals surface area contributed by atoms with Gasteiger partial charge >= 0.3 is 0 Å². The van der Waals surface area contributed by atoms with E-state index in [-0.39, 0.29) is 11.8 Å². The number of hydrogen-bond acceptors (Lipinski definition) is 3. The normalized spacial score (nSPS) is 12.4. The number of carbonyl (C=O) groups is 2. The number of fused-ring (bicyclic) bond motifs is 1. The average molecular weight is 415 g/mol. The molecule has 3 aromatic rings. The van der Waals surface area contributed by atoms with Crippen LogP contribution in [-0.2, 0) is 24.2 Å². The van der Waals surface area contributed by atoms with Crippen LogP contribution in [0.3, 0.4) is 0 Å². The van der Waals surface area contributed by atoms with E-state index in [0.29, 0.717) is 25.1 Å². The fraction of sp³-hybridized carbons (Fsp3) is 0.231. The molecule has 5 heteroatoms. The highest BCUT2D eigenvalue weighted by molar-refractivity contribution is 6.07. The molecular weight excluding hydrogens is 388 g/mol. The predicted octanol–water partition coefficient (Wildman–Crippen LogP) is 4.07. The second kappa shape index (κ2) is 9.04. The van der Waals surface area contributed by atoms with E-state index in [1.54, 1.807) is 7.11 Å². The van der Waals surface area contributed by atoms with Gasteiger partial charge in [-0.1, -0.05) is 42.0 Å². The summed E-state index contributed by atoms with van der Waals surface area (Å²) in [5, 5.41) is 2.98. The Hall–Kier alpha value is -3.60. The van der Waals surface area contributed by atoms with Gasteiger partial charge in [0.25, 0.3) is 5.91 Å². The Kier molecular flexibility index (Phi) is 6.03. The molecule has 1 heterocycles. The molecule has 158 valence electrons. The quantitative estimate of drug-likeness (QED) is 0.662. The fourth-order valence-electron chi connectivity index (χ4n) is 3.90. The van der Waals surface area contributed by atoms with Gasteiger partial charge in [0.05, 0.1) is 13.5 Å². The van der Waals surface area contributed by atoms with Gasteiger partial charge in [-0.05, 0) is 60.4 Å². The molecule has 3 aromatic carbocycles. The Morgan fingerprint density at radius 3 is 2.52 bits per heavy atom. The molecule has 1 aliphatic heterocycles. The molecule has 0 saturated heterocycles. The molecule has 0 bridgehead atoms. The van der Waals surface area contributed by atoms with Gasteiger partial charge < -0.3 is 15.0 Å². The Labute approximate surface area is 182 Å². The fourth-order valence-corrected chi connectivity index (χ4v) is 3.90. The molecule has 1 aliphatic rings. The van der Waals surface area contributed by atoms with Gasteiger partial charge in [-0.25, -0.2) is 0 Å². The maximum atomic E-state index is 12.9. The number of nitrogens with one attached hydrogen (secondary N) is 1. The summed E-state index contributed by atoms with van der Waals surface area (Å²) in [6.07, 6.45) is 1.15. The number of amides is 2. The average Bonchev–Trinajstić information content (AvgIpc) is 3.21. The summed E-state index contributed by atoms with van der Waals surface area (Å²) in [4.78, 5) is 27.1. The summed E-state index contributed by atoms with van der Waals surface area (Å²) in [7, 11) is 1.62. The number of nitrogens with zero attached hydrogens (tertiary/aromatic N) is 1. The molecule has 31 heavy (non-hydrogen) atoms. The number of carbonyl (C=O) groups excluding carboxylic acids is 2. The molecule has 0 atom stereocenters. The third kappa shape index (κ3) is 4.77. The molecule has 0 saturated carbocycles. The summed E-state index contributed by atoms with van der Waals surface area (Å²) in [5.74, 6) is 0.780. The van der Waals surface area contributed by atoms with Gasteiger partial charge in [0.2, 0.25) is 5.91 Å². The van der Waals surface area contributed by atoms with Crippen LogP contribution >= 0.6 is 0 Å². The number of hydrogen-bond donors (Lipinski definition) is 1. The van der Waals surface area contributed by atoms with Crippen molar-refractivity contribution in [1.82, 2.24) is 5.32 Å². The van der Waals surface area contributed by atoms with Crippen LogP contribution in [0.1, 0.15) is 32.6 Å². The van der Waals surface area contributed by atoms with Crippen molar-refractivity contribution >= 4 is 17.5 Å². The van der Waals surface area contributed by atoms with E-state index in [4.69, 9.17) is 4.74 Å². The van der Waals surface area contributed by atoms with Crippen molar-refractivity contribution < 1.29 is 14.3 Å². The maximum Gasteiger partial charge on any atom is 0.258 e. The number of ether oxygens (including phenoxy) is 1. The SMILES string of the molecule is COc1ccc(CC(=O)NCc2ccc3c(c2)CCN3C(=O)c2cccc(C)c2)cc1. The van der Waals surface area contributed by atoms with Crippen LogP contribution in [0, 0.1) is 6.92 Å². The van der Waals surface area contributed by atoms with Crippen molar-refractivity contribution in [2.75, 3.05) is 18.6 Å². The second-order valence-electron chi connectivity index (χ2n) is 7.84. The minimum absolute atomic E-state index is 0.0260. The van der Waals surface area contributed by atoms with Crippen molar-refractivity contribution in [3.63, 3.8) is 0 Å². The van der Waals surface area contributed by atoms with Crippen molar-refractivity contribution in [3.8, 4) is 5.75 Å². The lowest BCUT2D eigenvalue weighted by Crippen LogP contribution is -2.28. The van der Waals surface area contributed by atoms with Crippen molar-refractivity contribution in [1.29, 1.82) is 0 Å². The lowest BCUT2D eigenvalue weighted by molar-refractivity contribution is -0.120. The van der Waals surface area contributed by atoms with Gasteiger partial charge in [0.1, 0.15) is 5.75 Å². The molecule has 2 amide bonds. The smallest absolute Gasteiger partial charge is 0.258 e. The predicted molar refractivity (Wildman–Crippen MR) is 122 cm³/mol. The first-order valence-electron chi connectivity index (χ1n) is 10.4. The number of aryl methyl sites for hydroxylation is 1. The van der Waals surface area contributed by atoms with Crippen LogP contribution in [0.2, 0.25) is 0 Å². The minimum Gasteiger partial charge on any atom is -0.497 e. The summed E-state index contributed by atoms with van der Waals surface area (Å²) >= 11 is 0. The highest BCUT2D eigenvalue weighted by Crippen LogP contribution is 2.30. The minimum atomic E-state index is -0.0260. The van der Waals surface area contributed by atoms with Gasteiger partial charge in [0, 0.05) is 24.3 Å². The highest BCUT2D eigenvalue weighted by atomic mass is 16.5. The standard InChI is InChI=1S/C26H26N2O3/c1-18-4-3-5-22(14-18)26(30)28-13-12-21-15-20(8-11-24(21)28)17-27-25(29)16-19-6-9-23(31-2)10-7-19/h3-11,14-15H,12-13,16-17H2,1-2H3,(H,27,29). The molecule has 1 N–H and O–H groups in total. The Morgan fingerprint density at radius 1 is 1.00 bits per heavy atom. The zero-order valence-electron chi connectivity index (χ0n) is 17.9. The van der Waals surface area contributed by atoms with Crippen LogP contribution in [0.4, 0.5) is 5.69 Å². The zero-order valence-corrected chi connectivity index (χ0v) is 17.9. The lowest BCUT2D eigenvalue weighted by atomic mass is 10.1. The molecule has 0 aliphatic carbocycles. The Bertz CT molecular complexity index is 1110. The van der Waals surface area contributed by atoms with Crippen LogP contribution in [0.25, 0.3) is 0 Å². The Balaban J connectivity index is 1.37. The van der Waals surface area contributed by atoms with Crippen molar-refractivity contribution in [2.45, 2.75) is 26.3 Å². The summed E-state index contributed by atoms with van der Waals surface area (Å²) in [6.45, 7) is 3.13. The van der Waals surface area contributed by atoms with E-state index in [2.05, 4.69) is 11.4 Å². The van der Waals surface area contributed by atoms with Gasteiger partial charge in [-0.2, -0.15) is 0 Å². The van der Waals surface area contributed by atoms with Crippen LogP contribution in [0.5, 0.6) is 5.75 Å². The lowest BCUT2D eigenvalue weighted by Gasteiger charge is -2.18. The molecule has 0 aromatic heterocycles. The van der Waals surface area contributed by atoms with Gasteiger partial charge in [0.15, 0.2) is 0 Å². The van der Waals surface area contributed by atoms with E-state index in [1.165, 1.54) is 0 Å². The van der Waals surface area contributed by atoms with E-state index >= 15 is 0 Å². The van der Waals surface area contributed by atoms with Crippen LogP contribution in [0.15, 0.2) is 66.7 Å². The van der Waals surface area contributed by atoms with Gasteiger partial charge in [-0.15, -0.1) is 0 Å². The number of benzene rings is 3. The van der Waals surface area contributed by atoms with Gasteiger partial charge in [-0.3, -0.25) is 9.59 Å².